The lowest BCUT2D eigenvalue weighted by Crippen LogP contribution is -2.36. The van der Waals surface area contributed by atoms with Gasteiger partial charge in [-0.25, -0.2) is 34.9 Å². The Labute approximate surface area is 740 Å². The van der Waals surface area contributed by atoms with E-state index in [9.17, 15) is 0 Å². The second-order valence-corrected chi connectivity index (χ2v) is 33.2. The first-order chi connectivity index (χ1) is 63.5. The van der Waals surface area contributed by atoms with Gasteiger partial charge in [-0.1, -0.05) is 370 Å². The maximum Gasteiger partial charge on any atom is 0.164 e. The number of nitrogens with zero attached hydrogens (tertiary/aromatic N) is 9. The number of benzene rings is 18. The molecule has 596 valence electrons. The van der Waals surface area contributed by atoms with Crippen LogP contribution in [0.5, 0.6) is 0 Å². The van der Waals surface area contributed by atoms with E-state index < -0.39 is 10.8 Å². The molecule has 0 bridgehead atoms. The second-order valence-electron chi connectivity index (χ2n) is 33.2. The summed E-state index contributed by atoms with van der Waals surface area (Å²) >= 11 is 0. The van der Waals surface area contributed by atoms with Crippen LogP contribution in [0.3, 0.4) is 0 Å². The topological polar surface area (TPSA) is 96.7 Å². The summed E-state index contributed by atoms with van der Waals surface area (Å²) in [4.78, 5) is 41.6. The standard InChI is InChI=1S/C60H38N4.C59H37N5/c1-5-19-39(20-6-1)52-38-53(63-59(62-52)41-23-9-3-10-24-41)42-33-36-51-46(37-42)56-45(58(61-51)40-21-7-2-8-22-40)34-35-50-57(56)44-27-13-14-28-47(44)60(50)48-29-15-17-31-54(48)64(43-25-11-4-12-26-43)55-32-18-16-30-49(55)60;1-5-19-38(20-6-1)55-44-34-35-49-54(43-27-13-14-28-46(43)59(49)47-29-15-17-31-51(47)64(42-25-11-4-12-26-42)52-32-18-16-30-48(52)59)53(44)45-37-41(33-36-50(45)60-55)58-62-56(39-21-7-2-8-22-39)61-57(63-58)40-23-9-3-10-24-40/h1-38H;1-37H. The largest absolute Gasteiger partial charge is 0.310 e. The number of aromatic nitrogens is 7. The van der Waals surface area contributed by atoms with E-state index in [0.29, 0.717) is 23.3 Å². The van der Waals surface area contributed by atoms with Crippen LogP contribution in [0, 0.1) is 0 Å². The third-order valence-electron chi connectivity index (χ3n) is 26.3. The highest BCUT2D eigenvalue weighted by Gasteiger charge is 2.54. The minimum Gasteiger partial charge on any atom is -0.310 e. The Hall–Kier alpha value is -17.0. The molecule has 4 aromatic heterocycles. The molecule has 9 nitrogen and oxygen atoms in total. The summed E-state index contributed by atoms with van der Waals surface area (Å²) in [5.74, 6) is 2.55. The summed E-state index contributed by atoms with van der Waals surface area (Å²) in [6, 6.07) is 163. The number of hydrogen-bond acceptors (Lipinski definition) is 9. The van der Waals surface area contributed by atoms with E-state index in [4.69, 9.17) is 34.9 Å². The van der Waals surface area contributed by atoms with Gasteiger partial charge in [0.1, 0.15) is 0 Å². The van der Waals surface area contributed by atoms with Gasteiger partial charge >= 0.3 is 0 Å². The lowest BCUT2D eigenvalue weighted by Gasteiger charge is -2.45. The third kappa shape index (κ3) is 11.5. The van der Waals surface area contributed by atoms with Crippen molar-refractivity contribution in [1.29, 1.82) is 0 Å². The first-order valence-electron chi connectivity index (χ1n) is 43.6. The zero-order valence-corrected chi connectivity index (χ0v) is 69.3. The van der Waals surface area contributed by atoms with Gasteiger partial charge in [0.15, 0.2) is 23.3 Å². The Kier molecular flexibility index (Phi) is 17.2. The molecular weight excluding hydrogens is 1560 g/mol. The molecule has 0 N–H and O–H groups in total. The Balaban J connectivity index is 0.000000139. The number of para-hydroxylation sites is 6. The highest BCUT2D eigenvalue weighted by Crippen LogP contribution is 2.67. The summed E-state index contributed by atoms with van der Waals surface area (Å²) < 4.78 is 0. The van der Waals surface area contributed by atoms with Gasteiger partial charge in [-0.2, -0.15) is 0 Å². The first kappa shape index (κ1) is 73.7. The van der Waals surface area contributed by atoms with E-state index in [1.165, 1.54) is 94.9 Å². The maximum atomic E-state index is 5.50. The van der Waals surface area contributed by atoms with Crippen molar-refractivity contribution < 1.29 is 0 Å². The number of rotatable bonds is 10. The van der Waals surface area contributed by atoms with Crippen LogP contribution in [-0.4, -0.2) is 34.9 Å². The second kappa shape index (κ2) is 29.9. The normalized spacial score (nSPS) is 13.1. The number of hydrogen-bond donors (Lipinski definition) is 0. The summed E-state index contributed by atoms with van der Waals surface area (Å²) in [6.07, 6.45) is 0. The van der Waals surface area contributed by atoms with Crippen LogP contribution in [-0.2, 0) is 10.8 Å². The fourth-order valence-corrected chi connectivity index (χ4v) is 21.0. The fraction of sp³-hybridized carbons (Fsp3) is 0.0168. The van der Waals surface area contributed by atoms with E-state index in [-0.39, 0.29) is 0 Å². The van der Waals surface area contributed by atoms with Gasteiger partial charge in [0, 0.05) is 88.2 Å². The summed E-state index contributed by atoms with van der Waals surface area (Å²) in [6.45, 7) is 0. The van der Waals surface area contributed by atoms with Crippen molar-refractivity contribution in [2.45, 2.75) is 10.8 Å². The average Bonchev–Trinajstić information content (AvgIpc) is 1.52. The molecule has 2 aliphatic heterocycles. The molecule has 128 heavy (non-hydrogen) atoms. The lowest BCUT2D eigenvalue weighted by atomic mass is 9.64. The molecule has 6 heterocycles. The highest BCUT2D eigenvalue weighted by molar-refractivity contribution is 6.22. The molecule has 0 fully saturated rings. The molecule has 22 aromatic rings. The summed E-state index contributed by atoms with van der Waals surface area (Å²) in [5, 5.41) is 6.68. The summed E-state index contributed by atoms with van der Waals surface area (Å²) in [5.41, 5.74) is 34.2. The van der Waals surface area contributed by atoms with Gasteiger partial charge in [-0.3, -0.25) is 0 Å². The van der Waals surface area contributed by atoms with E-state index in [1.807, 2.05) is 84.9 Å². The van der Waals surface area contributed by atoms with Crippen LogP contribution in [0.1, 0.15) is 44.5 Å². The smallest absolute Gasteiger partial charge is 0.164 e. The van der Waals surface area contributed by atoms with E-state index in [1.54, 1.807) is 0 Å². The SMILES string of the molecule is c1ccc(-c2cc(-c3ccc4nc(-c5ccccc5)c5ccc6c(c5c4c3)-c3ccccc3C63c4ccccc4N(c4ccccc4)c4ccccc43)nc(-c3ccccc3)n2)cc1.c1ccc(-c2nc(-c3ccccc3)nc(-c3ccc4nc(-c5ccccc5)c5ccc6c(c5c4c3)-c3ccccc3C63c4ccccc4N(c4ccccc4)c4ccccc43)n2)cc1. The molecule has 9 heteroatoms. The molecule has 26 rings (SSSR count). The zero-order valence-electron chi connectivity index (χ0n) is 69.3. The van der Waals surface area contributed by atoms with Gasteiger partial charge in [0.05, 0.1) is 67.4 Å². The number of fused-ring (bicyclic) bond motifs is 26. The minimum atomic E-state index is -0.609. The number of pyridine rings is 2. The molecule has 2 aliphatic carbocycles. The van der Waals surface area contributed by atoms with Crippen LogP contribution in [0.4, 0.5) is 34.1 Å². The van der Waals surface area contributed by atoms with Gasteiger partial charge in [0.2, 0.25) is 0 Å². The molecule has 4 aliphatic rings. The van der Waals surface area contributed by atoms with Gasteiger partial charge in [-0.05, 0) is 152 Å². The van der Waals surface area contributed by atoms with E-state index >= 15 is 0 Å². The van der Waals surface area contributed by atoms with Crippen molar-refractivity contribution in [2.75, 3.05) is 9.80 Å². The zero-order chi connectivity index (χ0) is 84.4. The monoisotopic (exact) mass is 1630 g/mol. The first-order valence-corrected chi connectivity index (χ1v) is 43.6. The fourth-order valence-electron chi connectivity index (χ4n) is 21.0. The van der Waals surface area contributed by atoms with Crippen LogP contribution in [0.15, 0.2) is 455 Å². The van der Waals surface area contributed by atoms with E-state index in [2.05, 4.69) is 380 Å². The van der Waals surface area contributed by atoms with Crippen molar-refractivity contribution >= 4 is 77.5 Å². The van der Waals surface area contributed by atoms with Crippen LogP contribution < -0.4 is 9.80 Å². The molecule has 0 saturated carbocycles. The Morgan fingerprint density at radius 3 is 0.852 bits per heavy atom. The van der Waals surface area contributed by atoms with E-state index in [0.717, 1.165) is 117 Å². The maximum absolute atomic E-state index is 5.50. The van der Waals surface area contributed by atoms with Gasteiger partial charge in [0.25, 0.3) is 0 Å². The lowest BCUT2D eigenvalue weighted by molar-refractivity contribution is 0.753. The predicted molar refractivity (Wildman–Crippen MR) is 522 cm³/mol. The van der Waals surface area contributed by atoms with Crippen molar-refractivity contribution in [3.8, 4) is 113 Å². The number of anilines is 6. The van der Waals surface area contributed by atoms with Crippen LogP contribution in [0.25, 0.3) is 156 Å². The van der Waals surface area contributed by atoms with Gasteiger partial charge in [-0.15, -0.1) is 0 Å². The quantitative estimate of drug-likeness (QED) is 0.124. The molecule has 18 aromatic carbocycles. The predicted octanol–water partition coefficient (Wildman–Crippen LogP) is 29.4. The highest BCUT2D eigenvalue weighted by atomic mass is 15.2. The van der Waals surface area contributed by atoms with Crippen molar-refractivity contribution in [3.05, 3.63) is 499 Å². The third-order valence-corrected chi connectivity index (χ3v) is 26.3. The molecule has 2 spiro atoms. The molecule has 0 amide bonds. The molecule has 0 radical (unpaired) electrons. The van der Waals surface area contributed by atoms with Crippen molar-refractivity contribution in [1.82, 2.24) is 34.9 Å². The average molecular weight is 1630 g/mol. The van der Waals surface area contributed by atoms with Gasteiger partial charge < -0.3 is 9.80 Å². The molecular formula is C119H75N9. The minimum absolute atomic E-state index is 0.597. The Bertz CT molecular complexity index is 7490. The van der Waals surface area contributed by atoms with Crippen molar-refractivity contribution in [2.24, 2.45) is 0 Å². The van der Waals surface area contributed by atoms with Crippen molar-refractivity contribution in [3.63, 3.8) is 0 Å². The summed E-state index contributed by atoms with van der Waals surface area (Å²) in [7, 11) is 0. The van der Waals surface area contributed by atoms with Crippen LogP contribution >= 0.6 is 0 Å². The Morgan fingerprint density at radius 1 is 0.180 bits per heavy atom. The van der Waals surface area contributed by atoms with Crippen LogP contribution in [0.2, 0.25) is 0 Å². The molecule has 0 unspecified atom stereocenters. The molecule has 0 atom stereocenters. The Morgan fingerprint density at radius 2 is 0.469 bits per heavy atom. The molecule has 0 saturated heterocycles.